The van der Waals surface area contributed by atoms with Gasteiger partial charge in [0.05, 0.1) is 17.1 Å². The van der Waals surface area contributed by atoms with Gasteiger partial charge in [0.25, 0.3) is 10.0 Å². The van der Waals surface area contributed by atoms with Gasteiger partial charge in [0.15, 0.2) is 5.65 Å². The van der Waals surface area contributed by atoms with Crippen LogP contribution in [0.25, 0.3) is 11.0 Å². The predicted molar refractivity (Wildman–Crippen MR) is 99.5 cm³/mol. The van der Waals surface area contributed by atoms with Gasteiger partial charge in [0.1, 0.15) is 0 Å². The standard InChI is InChI=1S/C16H16BrN5O2S/c17-15-6-8-20-16-14(15)10-12(11-21(19)9-7-18)22(16)25(23,24)13-4-2-1-3-5-13/h1-10H,11,18-19H2/b9-7-. The van der Waals surface area contributed by atoms with Gasteiger partial charge in [-0.2, -0.15) is 0 Å². The number of hydrogen-bond donors (Lipinski definition) is 2. The van der Waals surface area contributed by atoms with Crippen LogP contribution in [-0.2, 0) is 16.6 Å². The molecule has 4 N–H and O–H groups in total. The van der Waals surface area contributed by atoms with Crippen molar-refractivity contribution in [2.45, 2.75) is 11.4 Å². The van der Waals surface area contributed by atoms with E-state index in [4.69, 9.17) is 11.6 Å². The second-order valence-corrected chi connectivity index (χ2v) is 7.90. The summed E-state index contributed by atoms with van der Waals surface area (Å²) >= 11 is 3.44. The molecule has 3 aromatic rings. The highest BCUT2D eigenvalue weighted by atomic mass is 79.9. The largest absolute Gasteiger partial charge is 0.403 e. The Morgan fingerprint density at radius 2 is 1.96 bits per heavy atom. The first kappa shape index (κ1) is 17.5. The van der Waals surface area contributed by atoms with Gasteiger partial charge in [-0.3, -0.25) is 0 Å². The van der Waals surface area contributed by atoms with Crippen molar-refractivity contribution in [2.75, 3.05) is 0 Å². The number of nitrogens with two attached hydrogens (primary N) is 2. The summed E-state index contributed by atoms with van der Waals surface area (Å²) in [5.41, 5.74) is 6.15. The lowest BCUT2D eigenvalue weighted by molar-refractivity contribution is 0.380. The van der Waals surface area contributed by atoms with E-state index in [9.17, 15) is 8.42 Å². The second kappa shape index (κ2) is 6.87. The predicted octanol–water partition coefficient (Wildman–Crippen LogP) is 2.14. The maximum Gasteiger partial charge on any atom is 0.269 e. The summed E-state index contributed by atoms with van der Waals surface area (Å²) in [6, 6.07) is 11.7. The summed E-state index contributed by atoms with van der Waals surface area (Å²) in [5.74, 6) is 5.85. The zero-order valence-electron chi connectivity index (χ0n) is 13.1. The van der Waals surface area contributed by atoms with Crippen molar-refractivity contribution in [3.63, 3.8) is 0 Å². The average Bonchev–Trinajstić information content (AvgIpc) is 2.96. The topological polar surface area (TPSA) is 107 Å². The van der Waals surface area contributed by atoms with Gasteiger partial charge in [0, 0.05) is 28.5 Å². The van der Waals surface area contributed by atoms with E-state index < -0.39 is 10.0 Å². The average molecular weight is 422 g/mol. The number of benzene rings is 1. The molecule has 0 saturated carbocycles. The Balaban J connectivity index is 2.26. The Morgan fingerprint density at radius 3 is 2.64 bits per heavy atom. The van der Waals surface area contributed by atoms with E-state index in [1.54, 1.807) is 48.7 Å². The highest BCUT2D eigenvalue weighted by Crippen LogP contribution is 2.29. The number of fused-ring (bicyclic) bond motifs is 1. The van der Waals surface area contributed by atoms with Crippen LogP contribution in [0.2, 0.25) is 0 Å². The third kappa shape index (κ3) is 3.26. The normalized spacial score (nSPS) is 12.1. The highest BCUT2D eigenvalue weighted by Gasteiger charge is 2.24. The number of nitrogens with zero attached hydrogens (tertiary/aromatic N) is 3. The summed E-state index contributed by atoms with van der Waals surface area (Å²) < 4.78 is 28.3. The number of aromatic nitrogens is 2. The third-order valence-corrected chi connectivity index (χ3v) is 6.03. The monoisotopic (exact) mass is 421 g/mol. The van der Waals surface area contributed by atoms with Crippen LogP contribution in [0.3, 0.4) is 0 Å². The molecule has 0 amide bonds. The van der Waals surface area contributed by atoms with Gasteiger partial charge in [-0.15, -0.1) is 0 Å². The highest BCUT2D eigenvalue weighted by molar-refractivity contribution is 9.10. The summed E-state index contributed by atoms with van der Waals surface area (Å²) in [6.45, 7) is 0.141. The van der Waals surface area contributed by atoms with Gasteiger partial charge in [-0.05, 0) is 40.2 Å². The summed E-state index contributed by atoms with van der Waals surface area (Å²) in [7, 11) is -3.83. The van der Waals surface area contributed by atoms with E-state index >= 15 is 0 Å². The zero-order valence-corrected chi connectivity index (χ0v) is 15.5. The molecule has 9 heteroatoms. The Hall–Kier alpha value is -2.36. The van der Waals surface area contributed by atoms with Crippen LogP contribution in [0, 0.1) is 0 Å². The first-order valence-corrected chi connectivity index (χ1v) is 9.53. The van der Waals surface area contributed by atoms with Crippen LogP contribution in [-0.4, -0.2) is 22.4 Å². The number of hydrogen-bond acceptors (Lipinski definition) is 6. The lowest BCUT2D eigenvalue weighted by Gasteiger charge is -2.16. The number of hydrazine groups is 1. The van der Waals surface area contributed by atoms with Crippen LogP contribution in [0.1, 0.15) is 5.69 Å². The van der Waals surface area contributed by atoms with E-state index in [0.29, 0.717) is 16.7 Å². The van der Waals surface area contributed by atoms with E-state index in [1.807, 2.05) is 0 Å². The lowest BCUT2D eigenvalue weighted by atomic mass is 10.3. The molecule has 2 heterocycles. The zero-order chi connectivity index (χ0) is 18.0. The van der Waals surface area contributed by atoms with Crippen molar-refractivity contribution in [3.05, 3.63) is 71.2 Å². The number of halogens is 1. The molecule has 0 bridgehead atoms. The molecule has 0 fully saturated rings. The Kier molecular flexibility index (Phi) is 4.80. The summed E-state index contributed by atoms with van der Waals surface area (Å²) in [6.07, 6.45) is 4.29. The Morgan fingerprint density at radius 1 is 1.24 bits per heavy atom. The molecule has 0 spiro atoms. The first-order valence-electron chi connectivity index (χ1n) is 7.30. The molecule has 0 saturated heterocycles. The summed E-state index contributed by atoms with van der Waals surface area (Å²) in [4.78, 5) is 4.43. The van der Waals surface area contributed by atoms with Crippen molar-refractivity contribution in [2.24, 2.45) is 11.6 Å². The van der Waals surface area contributed by atoms with E-state index in [2.05, 4.69) is 20.9 Å². The van der Waals surface area contributed by atoms with Crippen molar-refractivity contribution < 1.29 is 8.42 Å². The smallest absolute Gasteiger partial charge is 0.269 e. The van der Waals surface area contributed by atoms with Gasteiger partial charge in [-0.1, -0.05) is 18.2 Å². The van der Waals surface area contributed by atoms with Crippen molar-refractivity contribution in [3.8, 4) is 0 Å². The molecular formula is C16H16BrN5O2S. The van der Waals surface area contributed by atoms with E-state index in [-0.39, 0.29) is 11.4 Å². The molecule has 1 aromatic carbocycles. The molecule has 0 aliphatic carbocycles. The van der Waals surface area contributed by atoms with Gasteiger partial charge in [-0.25, -0.2) is 23.2 Å². The van der Waals surface area contributed by atoms with E-state index in [1.165, 1.54) is 21.4 Å². The molecule has 0 atom stereocenters. The van der Waals surface area contributed by atoms with E-state index in [0.717, 1.165) is 4.47 Å². The summed E-state index contributed by atoms with van der Waals surface area (Å²) in [5, 5.41) is 1.99. The van der Waals surface area contributed by atoms with Crippen LogP contribution in [0.4, 0.5) is 0 Å². The minimum atomic E-state index is -3.83. The van der Waals surface area contributed by atoms with Gasteiger partial charge >= 0.3 is 0 Å². The fraction of sp³-hybridized carbons (Fsp3) is 0.0625. The maximum atomic E-state index is 13.2. The molecule has 0 aliphatic rings. The minimum Gasteiger partial charge on any atom is -0.403 e. The second-order valence-electron chi connectivity index (χ2n) is 5.26. The molecular weight excluding hydrogens is 406 g/mol. The third-order valence-electron chi connectivity index (χ3n) is 3.58. The molecule has 2 aromatic heterocycles. The fourth-order valence-electron chi connectivity index (χ4n) is 2.52. The van der Waals surface area contributed by atoms with Crippen LogP contribution in [0.15, 0.2) is 70.4 Å². The van der Waals surface area contributed by atoms with Gasteiger partial charge < -0.3 is 10.7 Å². The molecule has 25 heavy (non-hydrogen) atoms. The molecule has 0 unspecified atom stereocenters. The van der Waals surface area contributed by atoms with Gasteiger partial charge in [0.2, 0.25) is 0 Å². The van der Waals surface area contributed by atoms with Crippen molar-refractivity contribution in [1.29, 1.82) is 0 Å². The van der Waals surface area contributed by atoms with Crippen molar-refractivity contribution in [1.82, 2.24) is 14.0 Å². The van der Waals surface area contributed by atoms with Crippen molar-refractivity contribution >= 4 is 37.0 Å². The van der Waals surface area contributed by atoms with Crippen LogP contribution >= 0.6 is 15.9 Å². The SMILES string of the molecule is N/C=C\N(N)Cc1cc2c(Br)ccnc2n1S(=O)(=O)c1ccccc1. The molecule has 130 valence electrons. The number of rotatable bonds is 5. The minimum absolute atomic E-state index is 0.141. The Bertz CT molecular complexity index is 1030. The molecule has 7 nitrogen and oxygen atoms in total. The van der Waals surface area contributed by atoms with Crippen LogP contribution in [0.5, 0.6) is 0 Å². The van der Waals surface area contributed by atoms with Crippen LogP contribution < -0.4 is 11.6 Å². The first-order chi connectivity index (χ1) is 11.9. The molecule has 3 rings (SSSR count). The lowest BCUT2D eigenvalue weighted by Crippen LogP contribution is -2.27. The fourth-order valence-corrected chi connectivity index (χ4v) is 4.44. The quantitative estimate of drug-likeness (QED) is 0.482. The molecule has 0 aliphatic heterocycles. The Labute approximate surface area is 153 Å². The maximum absolute atomic E-state index is 13.2. The molecule has 0 radical (unpaired) electrons. The number of pyridine rings is 1.